The van der Waals surface area contributed by atoms with Crippen LogP contribution in [0.2, 0.25) is 0 Å². The summed E-state index contributed by atoms with van der Waals surface area (Å²) in [5.74, 6) is 0. The first kappa shape index (κ1) is 13.0. The number of ether oxygens (including phenoxy) is 2. The van der Waals surface area contributed by atoms with Gasteiger partial charge in [-0.15, -0.1) is 5.11 Å². The number of aliphatic hydroxyl groups is 1. The first-order chi connectivity index (χ1) is 6.41. The third kappa shape index (κ3) is 7.63. The van der Waals surface area contributed by atoms with Crippen LogP contribution in [0, 0.1) is 0 Å². The lowest BCUT2D eigenvalue weighted by atomic mass is 10.5. The number of hydrogen-bond acceptors (Lipinski definition) is 5. The highest BCUT2D eigenvalue weighted by Crippen LogP contribution is 1.98. The number of azo groups is 1. The Bertz CT molecular complexity index is 204. The zero-order valence-corrected chi connectivity index (χ0v) is 8.80. The van der Waals surface area contributed by atoms with Crippen LogP contribution in [-0.2, 0) is 9.47 Å². The van der Waals surface area contributed by atoms with E-state index in [9.17, 15) is 4.79 Å². The molecule has 0 radical (unpaired) electrons. The van der Waals surface area contributed by atoms with E-state index in [1.807, 2.05) is 0 Å². The molecule has 0 aromatic rings. The van der Waals surface area contributed by atoms with E-state index in [2.05, 4.69) is 15.0 Å². The first-order valence-electron chi connectivity index (χ1n) is 4.36. The van der Waals surface area contributed by atoms with Gasteiger partial charge in [0.25, 0.3) is 6.41 Å². The maximum absolute atomic E-state index is 10.8. The molecule has 6 nitrogen and oxygen atoms in total. The van der Waals surface area contributed by atoms with E-state index in [0.29, 0.717) is 0 Å². The molecule has 0 heterocycles. The van der Waals surface area contributed by atoms with Gasteiger partial charge in [0.05, 0.1) is 12.2 Å². The van der Waals surface area contributed by atoms with Gasteiger partial charge in [-0.05, 0) is 27.7 Å². The summed E-state index contributed by atoms with van der Waals surface area (Å²) >= 11 is 0. The lowest BCUT2D eigenvalue weighted by molar-refractivity contribution is -0.122. The molecular formula is C8H16N2O4. The van der Waals surface area contributed by atoms with Crippen LogP contribution in [-0.4, -0.2) is 29.8 Å². The standard InChI is InChI=1S/C8H16N2O4/c1-5(2)13-7(11)9-10-8(12)14-6(3)4/h5-7,11H,1-4H3/b10-9+. The van der Waals surface area contributed by atoms with Crippen molar-refractivity contribution < 1.29 is 19.4 Å². The maximum Gasteiger partial charge on any atom is 0.452 e. The van der Waals surface area contributed by atoms with Crippen LogP contribution in [0.4, 0.5) is 4.79 Å². The Kier molecular flexibility index (Phi) is 5.98. The molecule has 1 atom stereocenters. The van der Waals surface area contributed by atoms with Gasteiger partial charge in [-0.25, -0.2) is 4.79 Å². The molecule has 0 aliphatic rings. The normalized spacial score (nSPS) is 13.9. The Morgan fingerprint density at radius 1 is 1.21 bits per heavy atom. The van der Waals surface area contributed by atoms with E-state index < -0.39 is 12.5 Å². The predicted molar refractivity (Wildman–Crippen MR) is 48.7 cm³/mol. The van der Waals surface area contributed by atoms with Crippen molar-refractivity contribution >= 4 is 6.09 Å². The Morgan fingerprint density at radius 2 is 1.79 bits per heavy atom. The average Bonchev–Trinajstić information content (AvgIpc) is 1.98. The van der Waals surface area contributed by atoms with Crippen LogP contribution in [0.3, 0.4) is 0 Å². The topological polar surface area (TPSA) is 80.5 Å². The van der Waals surface area contributed by atoms with Gasteiger partial charge in [0.2, 0.25) is 0 Å². The highest BCUT2D eigenvalue weighted by molar-refractivity contribution is 5.67. The summed E-state index contributed by atoms with van der Waals surface area (Å²) in [6, 6.07) is 0. The Morgan fingerprint density at radius 3 is 2.21 bits per heavy atom. The number of aliphatic hydroxyl groups excluding tert-OH is 1. The van der Waals surface area contributed by atoms with Gasteiger partial charge >= 0.3 is 6.09 Å². The summed E-state index contributed by atoms with van der Waals surface area (Å²) in [5.41, 5.74) is 0. The van der Waals surface area contributed by atoms with Crippen molar-refractivity contribution in [1.82, 2.24) is 0 Å². The molecule has 6 heteroatoms. The second-order valence-corrected chi connectivity index (χ2v) is 3.16. The smallest absolute Gasteiger partial charge is 0.444 e. The highest BCUT2D eigenvalue weighted by atomic mass is 16.6. The van der Waals surface area contributed by atoms with Crippen molar-refractivity contribution in [2.45, 2.75) is 46.3 Å². The minimum Gasteiger partial charge on any atom is -0.444 e. The number of carbonyl (C=O) groups is 1. The van der Waals surface area contributed by atoms with Gasteiger partial charge in [-0.2, -0.15) is 0 Å². The van der Waals surface area contributed by atoms with Gasteiger partial charge in [0.1, 0.15) is 0 Å². The minimum atomic E-state index is -1.42. The van der Waals surface area contributed by atoms with Crippen LogP contribution < -0.4 is 0 Å². The maximum atomic E-state index is 10.8. The molecule has 14 heavy (non-hydrogen) atoms. The Hall–Kier alpha value is -1.01. The van der Waals surface area contributed by atoms with Gasteiger partial charge in [-0.1, -0.05) is 5.11 Å². The second kappa shape index (κ2) is 6.44. The van der Waals surface area contributed by atoms with E-state index in [4.69, 9.17) is 9.84 Å². The molecule has 0 bridgehead atoms. The monoisotopic (exact) mass is 204 g/mol. The van der Waals surface area contributed by atoms with Crippen molar-refractivity contribution in [1.29, 1.82) is 0 Å². The second-order valence-electron chi connectivity index (χ2n) is 3.16. The highest BCUT2D eigenvalue weighted by Gasteiger charge is 2.07. The molecule has 0 aromatic carbocycles. The third-order valence-electron chi connectivity index (χ3n) is 0.969. The largest absolute Gasteiger partial charge is 0.452 e. The number of carbonyl (C=O) groups excluding carboxylic acids is 1. The zero-order chi connectivity index (χ0) is 11.1. The van der Waals surface area contributed by atoms with Gasteiger partial charge in [0, 0.05) is 0 Å². The Labute approximate surface area is 82.9 Å². The summed E-state index contributed by atoms with van der Waals surface area (Å²) in [6.07, 6.45) is -2.71. The summed E-state index contributed by atoms with van der Waals surface area (Å²) in [7, 11) is 0. The third-order valence-corrected chi connectivity index (χ3v) is 0.969. The van der Waals surface area contributed by atoms with Crippen LogP contribution in [0.5, 0.6) is 0 Å². The number of nitrogens with zero attached hydrogens (tertiary/aromatic N) is 2. The average molecular weight is 204 g/mol. The first-order valence-corrected chi connectivity index (χ1v) is 4.36. The van der Waals surface area contributed by atoms with Crippen molar-refractivity contribution in [3.05, 3.63) is 0 Å². The molecule has 1 amide bonds. The van der Waals surface area contributed by atoms with E-state index in [1.165, 1.54) is 0 Å². The molecule has 0 rings (SSSR count). The summed E-state index contributed by atoms with van der Waals surface area (Å²) in [4.78, 5) is 10.8. The molecule has 0 aliphatic carbocycles. The number of hydrogen-bond donors (Lipinski definition) is 1. The van der Waals surface area contributed by atoms with Crippen molar-refractivity contribution in [2.24, 2.45) is 10.2 Å². The molecule has 0 aliphatic heterocycles. The van der Waals surface area contributed by atoms with Gasteiger partial charge < -0.3 is 14.6 Å². The molecular weight excluding hydrogens is 188 g/mol. The van der Waals surface area contributed by atoms with Crippen molar-refractivity contribution in [2.75, 3.05) is 0 Å². The number of rotatable bonds is 4. The van der Waals surface area contributed by atoms with E-state index >= 15 is 0 Å². The van der Waals surface area contributed by atoms with Crippen molar-refractivity contribution in [3.63, 3.8) is 0 Å². The summed E-state index contributed by atoms with van der Waals surface area (Å²) < 4.78 is 9.43. The van der Waals surface area contributed by atoms with Crippen LogP contribution in [0.1, 0.15) is 27.7 Å². The van der Waals surface area contributed by atoms with E-state index in [0.717, 1.165) is 0 Å². The van der Waals surface area contributed by atoms with Crippen molar-refractivity contribution in [3.8, 4) is 0 Å². The minimum absolute atomic E-state index is 0.190. The summed E-state index contributed by atoms with van der Waals surface area (Å²) in [5, 5.41) is 15.3. The van der Waals surface area contributed by atoms with Crippen LogP contribution >= 0.6 is 0 Å². The van der Waals surface area contributed by atoms with Gasteiger partial charge in [0.15, 0.2) is 0 Å². The quantitative estimate of drug-likeness (QED) is 0.558. The summed E-state index contributed by atoms with van der Waals surface area (Å²) in [6.45, 7) is 6.83. The van der Waals surface area contributed by atoms with Gasteiger partial charge in [-0.3, -0.25) is 0 Å². The van der Waals surface area contributed by atoms with E-state index in [-0.39, 0.29) is 12.2 Å². The Balaban J connectivity index is 3.85. The fraction of sp³-hybridized carbons (Fsp3) is 0.875. The molecule has 0 fully saturated rings. The molecule has 0 saturated heterocycles. The molecule has 1 N–H and O–H groups in total. The molecule has 0 saturated carbocycles. The lowest BCUT2D eigenvalue weighted by Gasteiger charge is -2.08. The van der Waals surface area contributed by atoms with Crippen LogP contribution in [0.25, 0.3) is 0 Å². The fourth-order valence-corrected chi connectivity index (χ4v) is 0.592. The molecule has 82 valence electrons. The number of amides is 1. The predicted octanol–water partition coefficient (Wildman–Crippen LogP) is 1.68. The van der Waals surface area contributed by atoms with E-state index in [1.54, 1.807) is 27.7 Å². The fourth-order valence-electron chi connectivity index (χ4n) is 0.592. The van der Waals surface area contributed by atoms with Crippen LogP contribution in [0.15, 0.2) is 10.2 Å². The SMILES string of the molecule is CC(C)OC(=O)/N=N/C(O)OC(C)C. The zero-order valence-electron chi connectivity index (χ0n) is 8.80. The molecule has 0 aromatic heterocycles. The lowest BCUT2D eigenvalue weighted by Crippen LogP contribution is -2.15. The molecule has 1 unspecified atom stereocenters. The molecule has 0 spiro atoms.